The lowest BCUT2D eigenvalue weighted by molar-refractivity contribution is -0.195. The molecule has 5 aliphatic rings. The molecule has 34 heavy (non-hydrogen) atoms. The van der Waals surface area contributed by atoms with Crippen molar-refractivity contribution in [2.45, 2.75) is 130 Å². The van der Waals surface area contributed by atoms with Gasteiger partial charge in [0.1, 0.15) is 0 Å². The first-order valence-electron chi connectivity index (χ1n) is 14.9. The van der Waals surface area contributed by atoms with E-state index in [0.29, 0.717) is 16.9 Å². The topological polar surface area (TPSA) is 18.5 Å². The summed E-state index contributed by atoms with van der Waals surface area (Å²) in [5.41, 5.74) is 4.39. The van der Waals surface area contributed by atoms with E-state index in [1.54, 1.807) is 11.1 Å². The highest BCUT2D eigenvalue weighted by molar-refractivity contribution is 5.26. The maximum absolute atomic E-state index is 6.47. The van der Waals surface area contributed by atoms with Gasteiger partial charge in [0.05, 0.1) is 6.10 Å². The van der Waals surface area contributed by atoms with Gasteiger partial charge in [-0.2, -0.15) is 0 Å². The molecule has 4 unspecified atom stereocenters. The fraction of sp³-hybridized carbons (Fsp3) is 0.875. The molecular weight excluding hydrogens is 416 g/mol. The van der Waals surface area contributed by atoms with E-state index in [1.165, 1.54) is 70.6 Å². The van der Waals surface area contributed by atoms with Gasteiger partial charge in [-0.3, -0.25) is 0 Å². The molecule has 0 aromatic rings. The lowest BCUT2D eigenvalue weighted by Gasteiger charge is -2.58. The minimum absolute atomic E-state index is 0.0580. The van der Waals surface area contributed by atoms with E-state index in [1.807, 2.05) is 0 Å². The van der Waals surface area contributed by atoms with Crippen LogP contribution in [0.1, 0.15) is 118 Å². The minimum Gasteiger partial charge on any atom is -0.353 e. The van der Waals surface area contributed by atoms with Crippen molar-refractivity contribution in [3.63, 3.8) is 0 Å². The summed E-state index contributed by atoms with van der Waals surface area (Å²) in [7, 11) is 0. The van der Waals surface area contributed by atoms with E-state index in [4.69, 9.17) is 9.47 Å². The quantitative estimate of drug-likeness (QED) is 0.362. The zero-order valence-corrected chi connectivity index (χ0v) is 22.9. The molecule has 0 N–H and O–H groups in total. The zero-order chi connectivity index (χ0) is 23.9. The van der Waals surface area contributed by atoms with Gasteiger partial charge in [-0.05, 0) is 131 Å². The maximum Gasteiger partial charge on any atom is 0.157 e. The van der Waals surface area contributed by atoms with E-state index < -0.39 is 0 Å². The van der Waals surface area contributed by atoms with Crippen LogP contribution in [0, 0.1) is 40.4 Å². The first-order valence-corrected chi connectivity index (χ1v) is 14.9. The number of hydrogen-bond donors (Lipinski definition) is 0. The minimum atomic E-state index is 0.0580. The Morgan fingerprint density at radius 2 is 1.94 bits per heavy atom. The maximum atomic E-state index is 6.47. The zero-order valence-electron chi connectivity index (χ0n) is 22.9. The average Bonchev–Trinajstić information content (AvgIpc) is 3.17. The first kappa shape index (κ1) is 25.1. The van der Waals surface area contributed by atoms with Gasteiger partial charge < -0.3 is 9.47 Å². The highest BCUT2D eigenvalue weighted by atomic mass is 16.7. The number of allylic oxidation sites excluding steroid dienone is 3. The Morgan fingerprint density at radius 1 is 1.09 bits per heavy atom. The van der Waals surface area contributed by atoms with Gasteiger partial charge in [-0.1, -0.05) is 51.0 Å². The fourth-order valence-corrected chi connectivity index (χ4v) is 9.31. The van der Waals surface area contributed by atoms with E-state index in [9.17, 15) is 0 Å². The highest BCUT2D eigenvalue weighted by Gasteiger charge is 2.58. The molecule has 2 heteroatoms. The van der Waals surface area contributed by atoms with Crippen molar-refractivity contribution >= 4 is 0 Å². The Kier molecular flexibility index (Phi) is 7.40. The summed E-state index contributed by atoms with van der Waals surface area (Å²) in [5, 5.41) is 0. The molecule has 1 heterocycles. The number of rotatable bonds is 6. The molecule has 2 nitrogen and oxygen atoms in total. The fourth-order valence-electron chi connectivity index (χ4n) is 9.31. The predicted molar refractivity (Wildman–Crippen MR) is 141 cm³/mol. The first-order chi connectivity index (χ1) is 16.3. The molecule has 5 rings (SSSR count). The molecule has 0 aromatic heterocycles. The summed E-state index contributed by atoms with van der Waals surface area (Å²) >= 11 is 0. The second-order valence-corrected chi connectivity index (χ2v) is 13.7. The summed E-state index contributed by atoms with van der Waals surface area (Å²) < 4.78 is 12.4. The Hall–Kier alpha value is -0.600. The molecule has 0 radical (unpaired) electrons. The van der Waals surface area contributed by atoms with E-state index >= 15 is 0 Å². The Bertz CT molecular complexity index is 774. The van der Waals surface area contributed by atoms with Gasteiger partial charge >= 0.3 is 0 Å². The van der Waals surface area contributed by atoms with Crippen molar-refractivity contribution in [3.05, 3.63) is 23.3 Å². The third-order valence-corrected chi connectivity index (χ3v) is 11.3. The van der Waals surface area contributed by atoms with Crippen LogP contribution in [0.25, 0.3) is 0 Å². The second-order valence-electron chi connectivity index (χ2n) is 13.7. The van der Waals surface area contributed by atoms with E-state index in [0.717, 1.165) is 49.0 Å². The van der Waals surface area contributed by atoms with Crippen molar-refractivity contribution in [1.82, 2.24) is 0 Å². The Balaban J connectivity index is 1.27. The van der Waals surface area contributed by atoms with Crippen molar-refractivity contribution in [2.24, 2.45) is 40.4 Å². The predicted octanol–water partition coefficient (Wildman–Crippen LogP) is 8.86. The van der Waals surface area contributed by atoms with Crippen LogP contribution in [-0.2, 0) is 9.47 Å². The molecule has 0 spiro atoms. The van der Waals surface area contributed by atoms with Crippen LogP contribution in [0.3, 0.4) is 0 Å². The van der Waals surface area contributed by atoms with Crippen molar-refractivity contribution in [2.75, 3.05) is 6.61 Å². The van der Waals surface area contributed by atoms with Crippen LogP contribution in [0.15, 0.2) is 23.3 Å². The van der Waals surface area contributed by atoms with Gasteiger partial charge in [0.25, 0.3) is 0 Å². The third-order valence-electron chi connectivity index (χ3n) is 11.3. The Labute approximate surface area is 210 Å². The van der Waals surface area contributed by atoms with Gasteiger partial charge in [-0.25, -0.2) is 0 Å². The average molecular weight is 469 g/mol. The van der Waals surface area contributed by atoms with Crippen molar-refractivity contribution in [3.8, 4) is 0 Å². The monoisotopic (exact) mass is 468 g/mol. The van der Waals surface area contributed by atoms with Gasteiger partial charge in [0.2, 0.25) is 0 Å². The normalized spacial score (nSPS) is 44.9. The van der Waals surface area contributed by atoms with Crippen molar-refractivity contribution < 1.29 is 9.47 Å². The summed E-state index contributed by atoms with van der Waals surface area (Å²) in [6.45, 7) is 13.4. The Morgan fingerprint density at radius 3 is 2.71 bits per heavy atom. The molecular formula is C32H52O2. The van der Waals surface area contributed by atoms with Crippen LogP contribution in [0.4, 0.5) is 0 Å². The number of hydrogen-bond acceptors (Lipinski definition) is 2. The molecule has 1 saturated heterocycles. The summed E-state index contributed by atoms with van der Waals surface area (Å²) in [6, 6.07) is 0. The highest BCUT2D eigenvalue weighted by Crippen LogP contribution is 2.67. The van der Waals surface area contributed by atoms with E-state index in [-0.39, 0.29) is 6.29 Å². The van der Waals surface area contributed by atoms with Crippen LogP contribution in [-0.4, -0.2) is 19.0 Å². The second kappa shape index (κ2) is 10.0. The summed E-state index contributed by atoms with van der Waals surface area (Å²) in [5.74, 6) is 4.35. The van der Waals surface area contributed by atoms with Crippen molar-refractivity contribution in [1.29, 1.82) is 0 Å². The smallest absolute Gasteiger partial charge is 0.157 e. The molecule has 4 aliphatic carbocycles. The standard InChI is InChI=1S/C32H52O2/c1-22(2)9-8-10-23(3)27-14-15-28-26-13-12-24-21-25(34-30-11-6-7-20-33-30)16-18-31(24,4)29(26)17-19-32(27,28)5/h10,12,22,25-30H,6-9,11,13-21H2,1-5H3/b23-10-/t25-,26?,27+,28?,29?,30?,31-,32+/m0/s1. The van der Waals surface area contributed by atoms with E-state index in [2.05, 4.69) is 46.8 Å². The molecule has 192 valence electrons. The molecule has 4 fully saturated rings. The van der Waals surface area contributed by atoms with Crippen LogP contribution in [0.5, 0.6) is 0 Å². The largest absolute Gasteiger partial charge is 0.353 e. The van der Waals surface area contributed by atoms with Gasteiger partial charge in [0.15, 0.2) is 6.29 Å². The summed E-state index contributed by atoms with van der Waals surface area (Å²) in [6.07, 6.45) is 22.7. The van der Waals surface area contributed by atoms with Gasteiger partial charge in [-0.15, -0.1) is 0 Å². The van der Waals surface area contributed by atoms with Crippen LogP contribution < -0.4 is 0 Å². The molecule has 8 atom stereocenters. The number of ether oxygens (including phenoxy) is 2. The molecule has 3 saturated carbocycles. The van der Waals surface area contributed by atoms with Gasteiger partial charge in [0, 0.05) is 6.61 Å². The lowest BCUT2D eigenvalue weighted by atomic mass is 9.47. The lowest BCUT2D eigenvalue weighted by Crippen LogP contribution is -2.50. The van der Waals surface area contributed by atoms with Crippen LogP contribution >= 0.6 is 0 Å². The van der Waals surface area contributed by atoms with Crippen LogP contribution in [0.2, 0.25) is 0 Å². The molecule has 1 aliphatic heterocycles. The molecule has 0 aromatic carbocycles. The third kappa shape index (κ3) is 4.60. The summed E-state index contributed by atoms with van der Waals surface area (Å²) in [4.78, 5) is 0. The molecule has 0 amide bonds. The molecule has 0 bridgehead atoms. The SMILES string of the molecule is C/C(=C/CCC(C)C)[C@H]1CCC2C3CC=C4C[C@@H](OC5CCCCO5)CC[C@]4(C)C3CC[C@@]21C. The number of fused-ring (bicyclic) bond motifs is 5.